The highest BCUT2D eigenvalue weighted by molar-refractivity contribution is 9.10. The van der Waals surface area contributed by atoms with E-state index in [4.69, 9.17) is 0 Å². The first-order valence-corrected chi connectivity index (χ1v) is 4.75. The van der Waals surface area contributed by atoms with Crippen molar-refractivity contribution < 1.29 is 27.1 Å². The van der Waals surface area contributed by atoms with Crippen LogP contribution >= 0.6 is 15.9 Å². The van der Waals surface area contributed by atoms with E-state index in [2.05, 4.69) is 20.7 Å². The van der Waals surface area contributed by atoms with Crippen molar-refractivity contribution in [2.45, 2.75) is 13.3 Å². The van der Waals surface area contributed by atoms with Gasteiger partial charge in [-0.3, -0.25) is 4.79 Å². The Morgan fingerprint density at radius 2 is 1.94 bits per heavy atom. The Balaban J connectivity index is 3.16. The molecule has 0 N–H and O–H groups in total. The molecule has 0 aliphatic rings. The van der Waals surface area contributed by atoms with Crippen LogP contribution in [0.25, 0.3) is 0 Å². The smallest absolute Gasteiger partial charge is 0.404 e. The quantitative estimate of drug-likeness (QED) is 0.615. The third-order valence-corrected chi connectivity index (χ3v) is 2.25. The van der Waals surface area contributed by atoms with Gasteiger partial charge in [-0.2, -0.15) is 0 Å². The molecule has 0 aliphatic carbocycles. The van der Waals surface area contributed by atoms with Crippen molar-refractivity contribution in [3.05, 3.63) is 28.0 Å². The maximum Gasteiger partial charge on any atom is 0.573 e. The zero-order valence-corrected chi connectivity index (χ0v) is 9.45. The summed E-state index contributed by atoms with van der Waals surface area (Å²) in [6, 6.07) is 1.45. The summed E-state index contributed by atoms with van der Waals surface area (Å²) in [5, 5.41) is 0. The topological polar surface area (TPSA) is 26.3 Å². The molecule has 0 saturated carbocycles. The molecule has 0 saturated heterocycles. The Morgan fingerprint density at radius 3 is 2.38 bits per heavy atom. The van der Waals surface area contributed by atoms with Gasteiger partial charge >= 0.3 is 6.36 Å². The largest absolute Gasteiger partial charge is 0.573 e. The Bertz CT molecular complexity index is 428. The molecule has 0 aromatic heterocycles. The minimum atomic E-state index is -4.91. The molecule has 16 heavy (non-hydrogen) atoms. The molecule has 0 aliphatic heterocycles. The van der Waals surface area contributed by atoms with E-state index in [-0.39, 0.29) is 10.0 Å². The van der Waals surface area contributed by atoms with Crippen LogP contribution in [-0.4, -0.2) is 12.1 Å². The summed E-state index contributed by atoms with van der Waals surface area (Å²) in [4.78, 5) is 10.9. The van der Waals surface area contributed by atoms with Crippen molar-refractivity contribution in [3.8, 4) is 5.75 Å². The number of halogens is 5. The number of alkyl halides is 3. The molecule has 0 spiro atoms. The fourth-order valence-corrected chi connectivity index (χ4v) is 1.43. The Kier molecular flexibility index (Phi) is 3.57. The summed E-state index contributed by atoms with van der Waals surface area (Å²) in [7, 11) is 0. The third kappa shape index (κ3) is 3.19. The molecule has 2 nitrogen and oxygen atoms in total. The Morgan fingerprint density at radius 1 is 1.38 bits per heavy atom. The standard InChI is InChI=1S/C9H5BrF4O2/c1-4(15)5-2-6(10)8(3-7(5)11)16-9(12,13)14/h2-3H,1H3. The SMILES string of the molecule is CC(=O)c1cc(Br)c(OC(F)(F)F)cc1F. The first-order chi connectivity index (χ1) is 7.20. The Labute approximate surface area is 96.3 Å². The van der Waals surface area contributed by atoms with Gasteiger partial charge in [0.25, 0.3) is 0 Å². The first-order valence-electron chi connectivity index (χ1n) is 3.96. The molecule has 7 heteroatoms. The van der Waals surface area contributed by atoms with Crippen LogP contribution in [0.1, 0.15) is 17.3 Å². The maximum absolute atomic E-state index is 13.2. The van der Waals surface area contributed by atoms with Crippen LogP contribution in [0.5, 0.6) is 5.75 Å². The molecule has 1 aromatic rings. The van der Waals surface area contributed by atoms with Gasteiger partial charge in [-0.1, -0.05) is 0 Å². The van der Waals surface area contributed by atoms with Crippen LogP contribution in [0.15, 0.2) is 16.6 Å². The first kappa shape index (κ1) is 13.0. The monoisotopic (exact) mass is 300 g/mol. The fraction of sp³-hybridized carbons (Fsp3) is 0.222. The summed E-state index contributed by atoms with van der Waals surface area (Å²) in [5.41, 5.74) is -0.304. The summed E-state index contributed by atoms with van der Waals surface area (Å²) in [6.45, 7) is 1.11. The highest BCUT2D eigenvalue weighted by Gasteiger charge is 2.32. The normalized spacial score (nSPS) is 11.4. The molecular formula is C9H5BrF4O2. The van der Waals surface area contributed by atoms with Gasteiger partial charge in [-0.05, 0) is 28.9 Å². The molecule has 0 radical (unpaired) electrons. The van der Waals surface area contributed by atoms with Gasteiger partial charge in [-0.15, -0.1) is 13.2 Å². The summed E-state index contributed by atoms with van der Waals surface area (Å²) < 4.78 is 52.2. The van der Waals surface area contributed by atoms with Crippen molar-refractivity contribution in [2.75, 3.05) is 0 Å². The van der Waals surface area contributed by atoms with E-state index in [1.807, 2.05) is 0 Å². The predicted octanol–water partition coefficient (Wildman–Crippen LogP) is 3.69. The molecule has 0 unspecified atom stereocenters. The average molecular weight is 301 g/mol. The van der Waals surface area contributed by atoms with Crippen LogP contribution < -0.4 is 4.74 Å². The van der Waals surface area contributed by atoms with Gasteiger partial charge in [0.1, 0.15) is 11.6 Å². The summed E-state index contributed by atoms with van der Waals surface area (Å²) in [5.74, 6) is -2.37. The number of rotatable bonds is 2. The van der Waals surface area contributed by atoms with Crippen molar-refractivity contribution in [1.29, 1.82) is 0 Å². The molecule has 88 valence electrons. The van der Waals surface area contributed by atoms with Crippen LogP contribution in [-0.2, 0) is 0 Å². The lowest BCUT2D eigenvalue weighted by Crippen LogP contribution is -2.17. The molecule has 0 amide bonds. The molecular weight excluding hydrogens is 296 g/mol. The number of carbonyl (C=O) groups is 1. The van der Waals surface area contributed by atoms with Crippen molar-refractivity contribution in [3.63, 3.8) is 0 Å². The second-order valence-electron chi connectivity index (χ2n) is 2.87. The van der Waals surface area contributed by atoms with Gasteiger partial charge in [0.15, 0.2) is 5.78 Å². The average Bonchev–Trinajstić information content (AvgIpc) is 2.07. The highest BCUT2D eigenvalue weighted by atomic mass is 79.9. The number of hydrogen-bond acceptors (Lipinski definition) is 2. The number of hydrogen-bond donors (Lipinski definition) is 0. The van der Waals surface area contributed by atoms with Crippen molar-refractivity contribution >= 4 is 21.7 Å². The molecule has 1 aromatic carbocycles. The van der Waals surface area contributed by atoms with E-state index in [0.29, 0.717) is 6.07 Å². The third-order valence-electron chi connectivity index (χ3n) is 1.63. The lowest BCUT2D eigenvalue weighted by atomic mass is 10.1. The summed E-state index contributed by atoms with van der Waals surface area (Å²) >= 11 is 2.76. The molecule has 0 heterocycles. The highest BCUT2D eigenvalue weighted by Crippen LogP contribution is 2.32. The van der Waals surface area contributed by atoms with Gasteiger partial charge < -0.3 is 4.74 Å². The minimum absolute atomic E-state index is 0.142. The minimum Gasteiger partial charge on any atom is -0.404 e. The van der Waals surface area contributed by atoms with E-state index in [1.165, 1.54) is 0 Å². The lowest BCUT2D eigenvalue weighted by Gasteiger charge is -2.11. The number of carbonyl (C=O) groups excluding carboxylic acids is 1. The predicted molar refractivity (Wildman–Crippen MR) is 50.8 cm³/mol. The van der Waals surface area contributed by atoms with E-state index in [0.717, 1.165) is 13.0 Å². The van der Waals surface area contributed by atoms with Crippen LogP contribution in [0.3, 0.4) is 0 Å². The maximum atomic E-state index is 13.2. The summed E-state index contributed by atoms with van der Waals surface area (Å²) in [6.07, 6.45) is -4.91. The van der Waals surface area contributed by atoms with E-state index < -0.39 is 23.7 Å². The Hall–Kier alpha value is -1.11. The fourth-order valence-electron chi connectivity index (χ4n) is 1.00. The molecule has 0 bridgehead atoms. The van der Waals surface area contributed by atoms with Crippen LogP contribution in [0.2, 0.25) is 0 Å². The zero-order valence-electron chi connectivity index (χ0n) is 7.86. The van der Waals surface area contributed by atoms with Gasteiger partial charge in [0.2, 0.25) is 0 Å². The van der Waals surface area contributed by atoms with Gasteiger partial charge in [0.05, 0.1) is 10.0 Å². The molecule has 0 fully saturated rings. The zero-order chi connectivity index (χ0) is 12.5. The second-order valence-corrected chi connectivity index (χ2v) is 3.72. The molecule has 1 rings (SSSR count). The van der Waals surface area contributed by atoms with Gasteiger partial charge in [-0.25, -0.2) is 4.39 Å². The van der Waals surface area contributed by atoms with E-state index in [1.54, 1.807) is 0 Å². The van der Waals surface area contributed by atoms with Crippen LogP contribution in [0.4, 0.5) is 17.6 Å². The van der Waals surface area contributed by atoms with Crippen LogP contribution in [0, 0.1) is 5.82 Å². The number of benzene rings is 1. The van der Waals surface area contributed by atoms with Crippen molar-refractivity contribution in [1.82, 2.24) is 0 Å². The van der Waals surface area contributed by atoms with E-state index in [9.17, 15) is 22.4 Å². The number of Topliss-reactive ketones (excluding diaryl/α,β-unsaturated/α-hetero) is 1. The lowest BCUT2D eigenvalue weighted by molar-refractivity contribution is -0.275. The van der Waals surface area contributed by atoms with Gasteiger partial charge in [0, 0.05) is 6.07 Å². The molecule has 0 atom stereocenters. The van der Waals surface area contributed by atoms with Crippen molar-refractivity contribution in [2.24, 2.45) is 0 Å². The second kappa shape index (κ2) is 4.40. The number of ether oxygens (including phenoxy) is 1. The number of ketones is 1. The van der Waals surface area contributed by atoms with E-state index >= 15 is 0 Å².